The van der Waals surface area contributed by atoms with E-state index in [1.807, 2.05) is 18.0 Å². The van der Waals surface area contributed by atoms with E-state index in [1.165, 1.54) is 0 Å². The molecule has 0 atom stereocenters. The van der Waals surface area contributed by atoms with E-state index in [0.29, 0.717) is 6.54 Å². The molecule has 2 rings (SSSR count). The van der Waals surface area contributed by atoms with Crippen molar-refractivity contribution in [3.8, 4) is 0 Å². The molecule has 1 N–H and O–H groups in total. The molecule has 0 saturated carbocycles. The summed E-state index contributed by atoms with van der Waals surface area (Å²) in [5.74, 6) is 0. The van der Waals surface area contributed by atoms with Crippen LogP contribution in [-0.4, -0.2) is 49.1 Å². The third-order valence-corrected chi connectivity index (χ3v) is 2.71. The molecule has 88 valence electrons. The second kappa shape index (κ2) is 5.03. The molecule has 0 aliphatic carbocycles. The maximum atomic E-state index is 12.0. The number of urea groups is 1. The molecule has 1 aromatic rings. The number of hydrogen-bond donors (Lipinski definition) is 1. The molecular weight excluding hydrogens is 206 g/mol. The zero-order valence-corrected chi connectivity index (χ0v) is 9.48. The quantitative estimate of drug-likeness (QED) is 0.804. The molecule has 1 aliphatic rings. The Labute approximate surface area is 95.0 Å². The van der Waals surface area contributed by atoms with Crippen molar-refractivity contribution < 1.29 is 9.21 Å². The van der Waals surface area contributed by atoms with E-state index in [0.717, 1.165) is 31.7 Å². The number of nitrogens with zero attached hydrogens (tertiary/aromatic N) is 2. The lowest BCUT2D eigenvalue weighted by molar-refractivity contribution is 0.154. The van der Waals surface area contributed by atoms with Crippen LogP contribution in [0, 0.1) is 0 Å². The molecule has 0 bridgehead atoms. The summed E-state index contributed by atoms with van der Waals surface area (Å²) < 4.78 is 4.98. The highest BCUT2D eigenvalue weighted by molar-refractivity contribution is 5.74. The van der Waals surface area contributed by atoms with Gasteiger partial charge in [0.25, 0.3) is 0 Å². The number of carbonyl (C=O) groups is 1. The first kappa shape index (κ1) is 11.0. The van der Waals surface area contributed by atoms with E-state index in [-0.39, 0.29) is 6.03 Å². The third kappa shape index (κ3) is 2.55. The summed E-state index contributed by atoms with van der Waals surface area (Å²) in [4.78, 5) is 15.6. The number of carbonyl (C=O) groups excluding carboxylic acids is 1. The third-order valence-electron chi connectivity index (χ3n) is 2.71. The number of amides is 2. The van der Waals surface area contributed by atoms with Crippen molar-refractivity contribution >= 4 is 6.03 Å². The van der Waals surface area contributed by atoms with Gasteiger partial charge in [0, 0.05) is 38.8 Å². The average Bonchev–Trinajstić information content (AvgIpc) is 2.82. The Morgan fingerprint density at radius 3 is 2.94 bits per heavy atom. The van der Waals surface area contributed by atoms with Crippen molar-refractivity contribution in [2.45, 2.75) is 6.54 Å². The van der Waals surface area contributed by atoms with Gasteiger partial charge in [-0.15, -0.1) is 0 Å². The molecule has 1 fully saturated rings. The molecule has 2 amide bonds. The fourth-order valence-electron chi connectivity index (χ4n) is 1.82. The Morgan fingerprint density at radius 1 is 1.56 bits per heavy atom. The average molecular weight is 223 g/mol. The minimum absolute atomic E-state index is 0.0858. The van der Waals surface area contributed by atoms with E-state index < -0.39 is 0 Å². The minimum Gasteiger partial charge on any atom is -0.472 e. The molecule has 1 saturated heterocycles. The van der Waals surface area contributed by atoms with Crippen LogP contribution in [-0.2, 0) is 6.54 Å². The van der Waals surface area contributed by atoms with Crippen molar-refractivity contribution in [3.05, 3.63) is 24.2 Å². The Hall–Kier alpha value is -1.49. The van der Waals surface area contributed by atoms with Gasteiger partial charge in [0.15, 0.2) is 0 Å². The number of nitrogens with one attached hydrogen (secondary N) is 1. The van der Waals surface area contributed by atoms with Crippen LogP contribution in [0.25, 0.3) is 0 Å². The normalized spacial score (nSPS) is 16.2. The first-order valence-corrected chi connectivity index (χ1v) is 5.49. The molecular formula is C11H17N3O2. The highest BCUT2D eigenvalue weighted by Crippen LogP contribution is 2.06. The smallest absolute Gasteiger partial charge is 0.320 e. The number of rotatable bonds is 2. The van der Waals surface area contributed by atoms with Crippen molar-refractivity contribution in [3.63, 3.8) is 0 Å². The van der Waals surface area contributed by atoms with Gasteiger partial charge < -0.3 is 19.5 Å². The predicted octanol–water partition coefficient (Wildman–Crippen LogP) is 0.737. The van der Waals surface area contributed by atoms with Crippen molar-refractivity contribution in [2.75, 3.05) is 33.2 Å². The molecule has 0 aromatic carbocycles. The lowest BCUT2D eigenvalue weighted by Gasteiger charge is -2.31. The van der Waals surface area contributed by atoms with Gasteiger partial charge in [-0.2, -0.15) is 0 Å². The van der Waals surface area contributed by atoms with Gasteiger partial charge in [-0.25, -0.2) is 4.79 Å². The Balaban J connectivity index is 1.88. The fraction of sp³-hybridized carbons (Fsp3) is 0.545. The molecule has 0 radical (unpaired) electrons. The van der Waals surface area contributed by atoms with E-state index >= 15 is 0 Å². The second-order valence-corrected chi connectivity index (χ2v) is 4.01. The summed E-state index contributed by atoms with van der Waals surface area (Å²) in [6.07, 6.45) is 3.29. The summed E-state index contributed by atoms with van der Waals surface area (Å²) in [6.45, 7) is 3.93. The molecule has 0 spiro atoms. The van der Waals surface area contributed by atoms with E-state index in [2.05, 4.69) is 5.32 Å². The SMILES string of the molecule is CN(Cc1ccoc1)C(=O)N1CCNCC1. The van der Waals surface area contributed by atoms with Gasteiger partial charge in [-0.05, 0) is 6.07 Å². The Kier molecular flexibility index (Phi) is 3.46. The number of piperazine rings is 1. The van der Waals surface area contributed by atoms with Crippen LogP contribution >= 0.6 is 0 Å². The largest absolute Gasteiger partial charge is 0.472 e. The second-order valence-electron chi connectivity index (χ2n) is 4.01. The molecule has 16 heavy (non-hydrogen) atoms. The van der Waals surface area contributed by atoms with Crippen molar-refractivity contribution in [2.24, 2.45) is 0 Å². The summed E-state index contributed by atoms with van der Waals surface area (Å²) in [5, 5.41) is 3.23. The van der Waals surface area contributed by atoms with Crippen LogP contribution in [0.1, 0.15) is 5.56 Å². The maximum Gasteiger partial charge on any atom is 0.320 e. The molecule has 2 heterocycles. The highest BCUT2D eigenvalue weighted by Gasteiger charge is 2.19. The van der Waals surface area contributed by atoms with Crippen LogP contribution in [0.15, 0.2) is 23.0 Å². The Bertz CT molecular complexity index is 331. The van der Waals surface area contributed by atoms with Crippen LogP contribution in [0.3, 0.4) is 0 Å². The van der Waals surface area contributed by atoms with Gasteiger partial charge in [0.05, 0.1) is 19.1 Å². The van der Waals surface area contributed by atoms with Gasteiger partial charge in [-0.1, -0.05) is 0 Å². The number of furan rings is 1. The molecule has 5 heteroatoms. The summed E-state index contributed by atoms with van der Waals surface area (Å²) in [6, 6.07) is 1.96. The monoisotopic (exact) mass is 223 g/mol. The summed E-state index contributed by atoms with van der Waals surface area (Å²) in [5.41, 5.74) is 1.02. The van der Waals surface area contributed by atoms with E-state index in [9.17, 15) is 4.79 Å². The van der Waals surface area contributed by atoms with Crippen LogP contribution in [0.2, 0.25) is 0 Å². The van der Waals surface area contributed by atoms with Crippen LogP contribution < -0.4 is 5.32 Å². The first-order chi connectivity index (χ1) is 7.77. The van der Waals surface area contributed by atoms with E-state index in [1.54, 1.807) is 17.4 Å². The highest BCUT2D eigenvalue weighted by atomic mass is 16.3. The Morgan fingerprint density at radius 2 is 2.31 bits per heavy atom. The lowest BCUT2D eigenvalue weighted by atomic mass is 10.3. The van der Waals surface area contributed by atoms with Crippen molar-refractivity contribution in [1.82, 2.24) is 15.1 Å². The fourth-order valence-corrected chi connectivity index (χ4v) is 1.82. The molecule has 0 unspecified atom stereocenters. The van der Waals surface area contributed by atoms with Gasteiger partial charge >= 0.3 is 6.03 Å². The van der Waals surface area contributed by atoms with Gasteiger partial charge in [-0.3, -0.25) is 0 Å². The standard InChI is InChI=1S/C11H17N3O2/c1-13(8-10-2-7-16-9-10)11(15)14-5-3-12-4-6-14/h2,7,9,12H,3-6,8H2,1H3. The zero-order chi connectivity index (χ0) is 11.4. The van der Waals surface area contributed by atoms with Crippen LogP contribution in [0.4, 0.5) is 4.79 Å². The lowest BCUT2D eigenvalue weighted by Crippen LogP contribution is -2.50. The van der Waals surface area contributed by atoms with Gasteiger partial charge in [0.2, 0.25) is 0 Å². The maximum absolute atomic E-state index is 12.0. The van der Waals surface area contributed by atoms with E-state index in [4.69, 9.17) is 4.42 Å². The summed E-state index contributed by atoms with van der Waals surface area (Å²) >= 11 is 0. The minimum atomic E-state index is 0.0858. The number of hydrogen-bond acceptors (Lipinski definition) is 3. The molecule has 1 aromatic heterocycles. The predicted molar refractivity (Wildman–Crippen MR) is 60.0 cm³/mol. The molecule has 5 nitrogen and oxygen atoms in total. The summed E-state index contributed by atoms with van der Waals surface area (Å²) in [7, 11) is 1.82. The van der Waals surface area contributed by atoms with Crippen molar-refractivity contribution in [1.29, 1.82) is 0 Å². The topological polar surface area (TPSA) is 48.7 Å². The first-order valence-electron chi connectivity index (χ1n) is 5.49. The zero-order valence-electron chi connectivity index (χ0n) is 9.48. The van der Waals surface area contributed by atoms with Gasteiger partial charge in [0.1, 0.15) is 0 Å². The van der Waals surface area contributed by atoms with Crippen LogP contribution in [0.5, 0.6) is 0 Å². The molecule has 1 aliphatic heterocycles.